The Bertz CT molecular complexity index is 1010. The molecule has 0 bridgehead atoms. The molecular formula is C23H27N3O3S. The van der Waals surface area contributed by atoms with Crippen LogP contribution in [0.3, 0.4) is 0 Å². The molecule has 6 nitrogen and oxygen atoms in total. The van der Waals surface area contributed by atoms with Crippen LogP contribution >= 0.6 is 11.3 Å². The van der Waals surface area contributed by atoms with E-state index in [4.69, 9.17) is 9.47 Å². The number of benzene rings is 2. The number of thiazole rings is 1. The summed E-state index contributed by atoms with van der Waals surface area (Å²) in [6.07, 6.45) is 0.503. The van der Waals surface area contributed by atoms with E-state index in [1.165, 1.54) is 21.2 Å². The zero-order valence-electron chi connectivity index (χ0n) is 17.5. The Kier molecular flexibility index (Phi) is 6.50. The number of carbonyl (C=O) groups excluding carboxylic acids is 1. The molecule has 0 spiro atoms. The van der Waals surface area contributed by atoms with Crippen molar-refractivity contribution in [1.82, 2.24) is 14.8 Å². The molecule has 1 aromatic heterocycles. The number of carbonyl (C=O) groups is 1. The van der Waals surface area contributed by atoms with Crippen molar-refractivity contribution in [3.05, 3.63) is 58.0 Å². The molecule has 1 saturated heterocycles. The van der Waals surface area contributed by atoms with Gasteiger partial charge in [-0.25, -0.2) is 9.78 Å². The van der Waals surface area contributed by atoms with E-state index in [1.54, 1.807) is 23.3 Å². The average molecular weight is 426 g/mol. The SMILES string of the molecule is COc1ccc2ccccc2c1CN1CCN(C(=O)OCCc2scnc2C)CC1. The maximum Gasteiger partial charge on any atom is 0.409 e. The number of aryl methyl sites for hydroxylation is 1. The quantitative estimate of drug-likeness (QED) is 0.595. The molecule has 0 radical (unpaired) electrons. The van der Waals surface area contributed by atoms with Crippen LogP contribution in [0.4, 0.5) is 4.79 Å². The molecule has 1 aliphatic rings. The molecule has 0 aliphatic carbocycles. The summed E-state index contributed by atoms with van der Waals surface area (Å²) in [5.74, 6) is 0.911. The highest BCUT2D eigenvalue weighted by Gasteiger charge is 2.23. The van der Waals surface area contributed by atoms with Crippen molar-refractivity contribution in [2.45, 2.75) is 19.9 Å². The summed E-state index contributed by atoms with van der Waals surface area (Å²) >= 11 is 1.61. The lowest BCUT2D eigenvalue weighted by Gasteiger charge is -2.34. The van der Waals surface area contributed by atoms with E-state index in [-0.39, 0.29) is 6.09 Å². The van der Waals surface area contributed by atoms with Crippen molar-refractivity contribution < 1.29 is 14.3 Å². The third-order valence-electron chi connectivity index (χ3n) is 5.63. The monoisotopic (exact) mass is 425 g/mol. The van der Waals surface area contributed by atoms with Crippen LogP contribution in [0.25, 0.3) is 10.8 Å². The van der Waals surface area contributed by atoms with Gasteiger partial charge >= 0.3 is 6.09 Å². The van der Waals surface area contributed by atoms with Gasteiger partial charge in [0.25, 0.3) is 0 Å². The first-order valence-electron chi connectivity index (χ1n) is 10.2. The fourth-order valence-electron chi connectivity index (χ4n) is 3.87. The predicted molar refractivity (Wildman–Crippen MR) is 119 cm³/mol. The molecule has 1 fully saturated rings. The van der Waals surface area contributed by atoms with Crippen molar-refractivity contribution in [3.63, 3.8) is 0 Å². The molecule has 0 N–H and O–H groups in total. The molecule has 4 rings (SSSR count). The molecule has 2 heterocycles. The van der Waals surface area contributed by atoms with Gasteiger partial charge in [0.1, 0.15) is 5.75 Å². The maximum absolute atomic E-state index is 12.4. The van der Waals surface area contributed by atoms with Crippen LogP contribution in [0.5, 0.6) is 5.75 Å². The van der Waals surface area contributed by atoms with E-state index in [9.17, 15) is 4.79 Å². The Morgan fingerprint density at radius 1 is 1.13 bits per heavy atom. The van der Waals surface area contributed by atoms with Gasteiger partial charge in [0, 0.05) is 49.6 Å². The molecular weight excluding hydrogens is 398 g/mol. The summed E-state index contributed by atoms with van der Waals surface area (Å²) in [6.45, 7) is 6.16. The number of ether oxygens (including phenoxy) is 2. The second kappa shape index (κ2) is 9.45. The van der Waals surface area contributed by atoms with Gasteiger partial charge in [-0.3, -0.25) is 4.90 Å². The number of methoxy groups -OCH3 is 1. The summed E-state index contributed by atoms with van der Waals surface area (Å²) in [5.41, 5.74) is 4.05. The van der Waals surface area contributed by atoms with Crippen LogP contribution in [-0.2, 0) is 17.7 Å². The number of hydrogen-bond acceptors (Lipinski definition) is 6. The lowest BCUT2D eigenvalue weighted by molar-refractivity contribution is 0.0752. The third-order valence-corrected chi connectivity index (χ3v) is 6.62. The van der Waals surface area contributed by atoms with E-state index < -0.39 is 0 Å². The van der Waals surface area contributed by atoms with E-state index in [2.05, 4.69) is 40.2 Å². The van der Waals surface area contributed by atoms with Crippen molar-refractivity contribution in [2.24, 2.45) is 0 Å². The largest absolute Gasteiger partial charge is 0.496 e. The van der Waals surface area contributed by atoms with Crippen LogP contribution in [0.15, 0.2) is 41.9 Å². The number of hydrogen-bond donors (Lipinski definition) is 0. The van der Waals surface area contributed by atoms with Gasteiger partial charge in [0.05, 0.1) is 24.9 Å². The van der Waals surface area contributed by atoms with Gasteiger partial charge in [0.15, 0.2) is 0 Å². The van der Waals surface area contributed by atoms with Crippen molar-refractivity contribution in [2.75, 3.05) is 39.9 Å². The lowest BCUT2D eigenvalue weighted by Crippen LogP contribution is -2.48. The maximum atomic E-state index is 12.4. The molecule has 7 heteroatoms. The van der Waals surface area contributed by atoms with Gasteiger partial charge in [0.2, 0.25) is 0 Å². The predicted octanol–water partition coefficient (Wildman–Crippen LogP) is 4.11. The van der Waals surface area contributed by atoms with Gasteiger partial charge in [-0.05, 0) is 23.8 Å². The molecule has 3 aromatic rings. The van der Waals surface area contributed by atoms with Gasteiger partial charge in [-0.15, -0.1) is 11.3 Å². The molecule has 0 atom stereocenters. The molecule has 1 aliphatic heterocycles. The normalized spacial score (nSPS) is 14.8. The molecule has 158 valence electrons. The standard InChI is InChI=1S/C23H27N3O3S/c1-17-22(30-16-24-17)9-14-29-23(27)26-12-10-25(11-13-26)15-20-19-6-4-3-5-18(19)7-8-21(20)28-2/h3-8,16H,9-15H2,1-2H3. The summed E-state index contributed by atoms with van der Waals surface area (Å²) in [7, 11) is 1.72. The highest BCUT2D eigenvalue weighted by Crippen LogP contribution is 2.29. The van der Waals surface area contributed by atoms with Crippen LogP contribution < -0.4 is 4.74 Å². The summed E-state index contributed by atoms with van der Waals surface area (Å²) < 4.78 is 11.1. The van der Waals surface area contributed by atoms with Gasteiger partial charge < -0.3 is 14.4 Å². The Labute approximate surface area is 181 Å². The number of rotatable bonds is 6. The number of aromatic nitrogens is 1. The zero-order chi connectivity index (χ0) is 20.9. The van der Waals surface area contributed by atoms with Crippen LogP contribution in [0.1, 0.15) is 16.1 Å². The fourth-order valence-corrected chi connectivity index (χ4v) is 4.63. The smallest absolute Gasteiger partial charge is 0.409 e. The van der Waals surface area contributed by atoms with Crippen LogP contribution in [0, 0.1) is 6.92 Å². The second-order valence-corrected chi connectivity index (χ2v) is 8.40. The summed E-state index contributed by atoms with van der Waals surface area (Å²) in [5, 5.41) is 2.43. The zero-order valence-corrected chi connectivity index (χ0v) is 18.3. The van der Waals surface area contributed by atoms with E-state index in [0.29, 0.717) is 19.7 Å². The van der Waals surface area contributed by atoms with Gasteiger partial charge in [-0.1, -0.05) is 30.3 Å². The van der Waals surface area contributed by atoms with E-state index in [1.807, 2.05) is 18.5 Å². The highest BCUT2D eigenvalue weighted by atomic mass is 32.1. The Morgan fingerprint density at radius 2 is 1.93 bits per heavy atom. The van der Waals surface area contributed by atoms with Gasteiger partial charge in [-0.2, -0.15) is 0 Å². The van der Waals surface area contributed by atoms with E-state index >= 15 is 0 Å². The second-order valence-electron chi connectivity index (χ2n) is 7.46. The van der Waals surface area contributed by atoms with E-state index in [0.717, 1.165) is 37.5 Å². The molecule has 1 amide bonds. The highest BCUT2D eigenvalue weighted by molar-refractivity contribution is 7.09. The Balaban J connectivity index is 1.31. The van der Waals surface area contributed by atoms with Crippen LogP contribution in [0.2, 0.25) is 0 Å². The number of nitrogens with zero attached hydrogens (tertiary/aromatic N) is 3. The number of fused-ring (bicyclic) bond motifs is 1. The molecule has 0 unspecified atom stereocenters. The topological polar surface area (TPSA) is 54.9 Å². The number of piperazine rings is 1. The minimum atomic E-state index is -0.223. The number of amides is 1. The molecule has 2 aromatic carbocycles. The minimum Gasteiger partial charge on any atom is -0.496 e. The fraction of sp³-hybridized carbons (Fsp3) is 0.391. The average Bonchev–Trinajstić information content (AvgIpc) is 3.19. The first kappa shape index (κ1) is 20.6. The summed E-state index contributed by atoms with van der Waals surface area (Å²) in [6, 6.07) is 12.5. The van der Waals surface area contributed by atoms with Crippen molar-refractivity contribution in [1.29, 1.82) is 0 Å². The molecule has 30 heavy (non-hydrogen) atoms. The molecule has 0 saturated carbocycles. The van der Waals surface area contributed by atoms with Crippen molar-refractivity contribution >= 4 is 28.2 Å². The van der Waals surface area contributed by atoms with Crippen molar-refractivity contribution in [3.8, 4) is 5.75 Å². The first-order valence-corrected chi connectivity index (χ1v) is 11.1. The third kappa shape index (κ3) is 4.57. The minimum absolute atomic E-state index is 0.223. The van der Waals surface area contributed by atoms with Crippen LogP contribution in [-0.4, -0.2) is 60.8 Å². The first-order chi connectivity index (χ1) is 14.7. The lowest BCUT2D eigenvalue weighted by atomic mass is 10.0. The Hall–Kier alpha value is -2.64. The summed E-state index contributed by atoms with van der Waals surface area (Å²) in [4.78, 5) is 22.0. The Morgan fingerprint density at radius 3 is 2.67 bits per heavy atom.